The summed E-state index contributed by atoms with van der Waals surface area (Å²) in [6, 6.07) is 0. The fourth-order valence-corrected chi connectivity index (χ4v) is 4.32. The molecule has 2 unspecified atom stereocenters. The monoisotopic (exact) mass is 206 g/mol. The smallest absolute Gasteiger partial charge is 0.0357 e. The molecule has 0 bridgehead atoms. The number of rotatable bonds is 3. The molecule has 3 aliphatic carbocycles. The third kappa shape index (κ3) is 2.40. The first-order chi connectivity index (χ1) is 7.43. The molecule has 0 heterocycles. The normalized spacial score (nSPS) is 38.4. The Balaban J connectivity index is 1.60. The van der Waals surface area contributed by atoms with E-state index in [4.69, 9.17) is 0 Å². The molecule has 0 spiro atoms. The predicted octanol–water partition coefficient (Wildman–Crippen LogP) is 4.78. The van der Waals surface area contributed by atoms with Crippen molar-refractivity contribution >= 4 is 0 Å². The van der Waals surface area contributed by atoms with Crippen LogP contribution in [0.4, 0.5) is 0 Å². The lowest BCUT2D eigenvalue weighted by molar-refractivity contribution is 0.148. The minimum absolute atomic E-state index is 1.15. The van der Waals surface area contributed by atoms with E-state index in [-0.39, 0.29) is 0 Å². The third-order valence-corrected chi connectivity index (χ3v) is 5.31. The predicted molar refractivity (Wildman–Crippen MR) is 64.7 cm³/mol. The SMILES string of the molecule is C1CCC(C2CCCCC2CC2CC2)C1. The van der Waals surface area contributed by atoms with Crippen molar-refractivity contribution in [1.82, 2.24) is 0 Å². The highest BCUT2D eigenvalue weighted by Gasteiger charge is 2.36. The molecule has 3 rings (SSSR count). The average molecular weight is 206 g/mol. The van der Waals surface area contributed by atoms with E-state index in [1.807, 2.05) is 0 Å². The summed E-state index contributed by atoms with van der Waals surface area (Å²) in [5.41, 5.74) is 0. The molecule has 0 N–H and O–H groups in total. The zero-order valence-corrected chi connectivity index (χ0v) is 10.1. The Morgan fingerprint density at radius 3 is 2.07 bits per heavy atom. The van der Waals surface area contributed by atoms with Crippen molar-refractivity contribution < 1.29 is 0 Å². The minimum Gasteiger partial charge on any atom is -0.0530 e. The lowest BCUT2D eigenvalue weighted by Gasteiger charge is -2.36. The molecule has 2 atom stereocenters. The Labute approximate surface area is 94.8 Å². The quantitative estimate of drug-likeness (QED) is 0.623. The maximum atomic E-state index is 1.61. The fourth-order valence-electron chi connectivity index (χ4n) is 4.32. The molecule has 3 fully saturated rings. The molecule has 0 aromatic heterocycles. The molecular formula is C15H26. The lowest BCUT2D eigenvalue weighted by atomic mass is 9.70. The van der Waals surface area contributed by atoms with Gasteiger partial charge >= 0.3 is 0 Å². The van der Waals surface area contributed by atoms with Crippen LogP contribution < -0.4 is 0 Å². The van der Waals surface area contributed by atoms with Crippen molar-refractivity contribution in [1.29, 1.82) is 0 Å². The minimum atomic E-state index is 1.15. The first kappa shape index (κ1) is 10.2. The molecule has 3 aliphatic rings. The van der Waals surface area contributed by atoms with E-state index in [0.717, 1.165) is 23.7 Å². The van der Waals surface area contributed by atoms with Crippen molar-refractivity contribution in [2.45, 2.75) is 70.6 Å². The molecule has 0 aromatic rings. The molecule has 0 nitrogen and oxygen atoms in total. The Hall–Kier alpha value is 0. The summed E-state index contributed by atoms with van der Waals surface area (Å²) < 4.78 is 0. The van der Waals surface area contributed by atoms with Crippen LogP contribution in [0.25, 0.3) is 0 Å². The maximum absolute atomic E-state index is 1.61. The van der Waals surface area contributed by atoms with Gasteiger partial charge < -0.3 is 0 Å². The van der Waals surface area contributed by atoms with Gasteiger partial charge in [-0.15, -0.1) is 0 Å². The van der Waals surface area contributed by atoms with Gasteiger partial charge in [-0.05, 0) is 36.5 Å². The van der Waals surface area contributed by atoms with Gasteiger partial charge in [-0.2, -0.15) is 0 Å². The number of hydrogen-bond donors (Lipinski definition) is 0. The second kappa shape index (κ2) is 4.47. The Kier molecular flexibility index (Phi) is 3.03. The van der Waals surface area contributed by atoms with Crippen LogP contribution in [0.15, 0.2) is 0 Å². The van der Waals surface area contributed by atoms with Crippen molar-refractivity contribution in [3.8, 4) is 0 Å². The zero-order valence-electron chi connectivity index (χ0n) is 10.1. The van der Waals surface area contributed by atoms with E-state index in [2.05, 4.69) is 0 Å². The summed E-state index contributed by atoms with van der Waals surface area (Å²) in [5, 5.41) is 0. The summed E-state index contributed by atoms with van der Waals surface area (Å²) in [6.45, 7) is 0. The van der Waals surface area contributed by atoms with Crippen LogP contribution in [0, 0.1) is 23.7 Å². The van der Waals surface area contributed by atoms with Gasteiger partial charge in [0.15, 0.2) is 0 Å². The summed E-state index contributed by atoms with van der Waals surface area (Å²) >= 11 is 0. The van der Waals surface area contributed by atoms with Crippen LogP contribution in [0.2, 0.25) is 0 Å². The maximum Gasteiger partial charge on any atom is -0.0357 e. The van der Waals surface area contributed by atoms with Gasteiger partial charge in [-0.1, -0.05) is 57.8 Å². The Bertz CT molecular complexity index is 198. The van der Waals surface area contributed by atoms with E-state index in [1.165, 1.54) is 12.8 Å². The highest BCUT2D eigenvalue weighted by Crippen LogP contribution is 2.47. The van der Waals surface area contributed by atoms with Gasteiger partial charge in [0, 0.05) is 0 Å². The van der Waals surface area contributed by atoms with E-state index in [1.54, 1.807) is 57.8 Å². The highest BCUT2D eigenvalue weighted by molar-refractivity contribution is 4.87. The van der Waals surface area contributed by atoms with E-state index >= 15 is 0 Å². The van der Waals surface area contributed by atoms with Gasteiger partial charge in [0.2, 0.25) is 0 Å². The van der Waals surface area contributed by atoms with E-state index in [0.29, 0.717) is 0 Å². The van der Waals surface area contributed by atoms with Gasteiger partial charge in [-0.3, -0.25) is 0 Å². The van der Waals surface area contributed by atoms with E-state index < -0.39 is 0 Å². The fraction of sp³-hybridized carbons (Fsp3) is 1.00. The first-order valence-corrected chi connectivity index (χ1v) is 7.43. The van der Waals surface area contributed by atoms with Crippen LogP contribution in [-0.2, 0) is 0 Å². The van der Waals surface area contributed by atoms with Crippen LogP contribution in [0.3, 0.4) is 0 Å². The number of hydrogen-bond acceptors (Lipinski definition) is 0. The van der Waals surface area contributed by atoms with Crippen LogP contribution in [0.1, 0.15) is 70.6 Å². The topological polar surface area (TPSA) is 0 Å². The average Bonchev–Trinajstić information content (AvgIpc) is 2.93. The standard InChI is InChI=1S/C15H26/c1-2-6-13(5-1)15-8-4-3-7-14(15)11-12-9-10-12/h12-15H,1-11H2. The lowest BCUT2D eigenvalue weighted by Crippen LogP contribution is -2.26. The molecule has 3 saturated carbocycles. The van der Waals surface area contributed by atoms with Gasteiger partial charge in [0.05, 0.1) is 0 Å². The summed E-state index contributed by atoms with van der Waals surface area (Å²) in [6.07, 6.45) is 17.2. The molecule has 15 heavy (non-hydrogen) atoms. The van der Waals surface area contributed by atoms with Crippen LogP contribution >= 0.6 is 0 Å². The molecule has 0 heteroatoms. The van der Waals surface area contributed by atoms with Crippen molar-refractivity contribution in [3.05, 3.63) is 0 Å². The van der Waals surface area contributed by atoms with E-state index in [9.17, 15) is 0 Å². The molecule has 86 valence electrons. The summed E-state index contributed by atoms with van der Waals surface area (Å²) in [7, 11) is 0. The zero-order chi connectivity index (χ0) is 10.1. The Morgan fingerprint density at radius 1 is 0.667 bits per heavy atom. The van der Waals surface area contributed by atoms with Gasteiger partial charge in [-0.25, -0.2) is 0 Å². The molecule has 0 amide bonds. The van der Waals surface area contributed by atoms with Crippen molar-refractivity contribution in [2.24, 2.45) is 23.7 Å². The molecule has 0 saturated heterocycles. The second-order valence-corrected chi connectivity index (χ2v) is 6.43. The Morgan fingerprint density at radius 2 is 1.33 bits per heavy atom. The first-order valence-electron chi connectivity index (χ1n) is 7.43. The van der Waals surface area contributed by atoms with Gasteiger partial charge in [0.1, 0.15) is 0 Å². The largest absolute Gasteiger partial charge is 0.0530 e. The molecular weight excluding hydrogens is 180 g/mol. The molecule has 0 radical (unpaired) electrons. The summed E-state index contributed by atoms with van der Waals surface area (Å²) in [4.78, 5) is 0. The van der Waals surface area contributed by atoms with Crippen molar-refractivity contribution in [3.63, 3.8) is 0 Å². The van der Waals surface area contributed by atoms with Crippen LogP contribution in [0.5, 0.6) is 0 Å². The highest BCUT2D eigenvalue weighted by atomic mass is 14.4. The second-order valence-electron chi connectivity index (χ2n) is 6.43. The third-order valence-electron chi connectivity index (χ3n) is 5.31. The summed E-state index contributed by atoms with van der Waals surface area (Å²) in [5.74, 6) is 4.61. The molecule has 0 aliphatic heterocycles. The molecule has 0 aromatic carbocycles. The van der Waals surface area contributed by atoms with Crippen molar-refractivity contribution in [2.75, 3.05) is 0 Å². The van der Waals surface area contributed by atoms with Gasteiger partial charge in [0.25, 0.3) is 0 Å². The van der Waals surface area contributed by atoms with Crippen LogP contribution in [-0.4, -0.2) is 0 Å².